The van der Waals surface area contributed by atoms with Crippen molar-refractivity contribution in [1.82, 2.24) is 0 Å². The van der Waals surface area contributed by atoms with Crippen molar-refractivity contribution in [2.45, 2.75) is 20.3 Å². The number of nitrogens with one attached hydrogen (secondary N) is 1. The van der Waals surface area contributed by atoms with Crippen LogP contribution in [0.5, 0.6) is 0 Å². The molecule has 0 aliphatic rings. The normalized spacial score (nSPS) is 11.5. The fourth-order valence-corrected chi connectivity index (χ4v) is 1.48. The monoisotopic (exact) mass is 240 g/mol. The zero-order valence-electron chi connectivity index (χ0n) is 10.7. The molecule has 4 heteroatoms. The van der Waals surface area contributed by atoms with E-state index in [1.165, 1.54) is 12.1 Å². The van der Waals surface area contributed by atoms with Crippen molar-refractivity contribution >= 4 is 11.4 Å². The van der Waals surface area contributed by atoms with E-state index in [0.717, 1.165) is 13.0 Å². The molecular weight excluding hydrogens is 219 g/mol. The second kappa shape index (κ2) is 5.87. The molecule has 1 rings (SSSR count). The van der Waals surface area contributed by atoms with Gasteiger partial charge in [0.2, 0.25) is 0 Å². The number of nitrogens with two attached hydrogens (primary N) is 1. The summed E-state index contributed by atoms with van der Waals surface area (Å²) in [6, 6.07) is 4.35. The molecule has 0 radical (unpaired) electrons. The Hall–Kier alpha value is -1.29. The number of anilines is 2. The van der Waals surface area contributed by atoms with Gasteiger partial charge in [-0.15, -0.1) is 0 Å². The Bertz CT molecular complexity index is 366. The van der Waals surface area contributed by atoms with Crippen LogP contribution in [0.1, 0.15) is 20.3 Å². The van der Waals surface area contributed by atoms with Gasteiger partial charge in [-0.1, -0.05) is 13.8 Å². The van der Waals surface area contributed by atoms with Crippen LogP contribution in [0.3, 0.4) is 0 Å². The van der Waals surface area contributed by atoms with E-state index in [1.54, 1.807) is 13.2 Å². The van der Waals surface area contributed by atoms with Crippen LogP contribution in [0, 0.1) is 11.2 Å². The van der Waals surface area contributed by atoms with E-state index in [9.17, 15) is 4.39 Å². The highest BCUT2D eigenvalue weighted by molar-refractivity contribution is 5.65. The summed E-state index contributed by atoms with van der Waals surface area (Å²) in [7, 11) is 1.69. The third-order valence-electron chi connectivity index (χ3n) is 2.76. The molecule has 0 fully saturated rings. The minimum Gasteiger partial charge on any atom is -0.397 e. The summed E-state index contributed by atoms with van der Waals surface area (Å²) in [5, 5.41) is 3.18. The van der Waals surface area contributed by atoms with Crippen LogP contribution in [-0.4, -0.2) is 20.3 Å². The van der Waals surface area contributed by atoms with Crippen molar-refractivity contribution in [3.05, 3.63) is 24.0 Å². The molecule has 0 aromatic heterocycles. The zero-order valence-corrected chi connectivity index (χ0v) is 10.7. The molecule has 3 nitrogen and oxygen atoms in total. The second-order valence-corrected chi connectivity index (χ2v) is 4.99. The summed E-state index contributed by atoms with van der Waals surface area (Å²) in [5.41, 5.74) is 7.06. The summed E-state index contributed by atoms with van der Waals surface area (Å²) < 4.78 is 18.1. The lowest BCUT2D eigenvalue weighted by Gasteiger charge is -2.25. The lowest BCUT2D eigenvalue weighted by molar-refractivity contribution is 0.157. The highest BCUT2D eigenvalue weighted by Crippen LogP contribution is 2.24. The van der Waals surface area contributed by atoms with E-state index in [0.29, 0.717) is 18.0 Å². The number of hydrogen-bond acceptors (Lipinski definition) is 3. The minimum absolute atomic E-state index is 0.0781. The molecule has 0 spiro atoms. The molecule has 96 valence electrons. The van der Waals surface area contributed by atoms with Crippen LogP contribution in [0.25, 0.3) is 0 Å². The molecule has 0 aliphatic heterocycles. The Balaban J connectivity index is 2.57. The number of nitrogen functional groups attached to an aromatic ring is 1. The second-order valence-electron chi connectivity index (χ2n) is 4.99. The van der Waals surface area contributed by atoms with Crippen LogP contribution >= 0.6 is 0 Å². The number of methoxy groups -OCH3 is 1. The average molecular weight is 240 g/mol. The maximum atomic E-state index is 13.1. The molecule has 0 unspecified atom stereocenters. The number of halogens is 1. The molecule has 0 bridgehead atoms. The highest BCUT2D eigenvalue weighted by Gasteiger charge is 2.17. The van der Waals surface area contributed by atoms with Gasteiger partial charge in [-0.25, -0.2) is 4.39 Å². The molecular formula is C13H21FN2O. The molecule has 0 saturated heterocycles. The third-order valence-corrected chi connectivity index (χ3v) is 2.76. The lowest BCUT2D eigenvalue weighted by atomic mass is 9.89. The summed E-state index contributed by atoms with van der Waals surface area (Å²) in [5.74, 6) is -0.281. The molecule has 3 N–H and O–H groups in total. The molecule has 0 aliphatic carbocycles. The maximum Gasteiger partial charge on any atom is 0.125 e. The summed E-state index contributed by atoms with van der Waals surface area (Å²) >= 11 is 0. The van der Waals surface area contributed by atoms with Crippen molar-refractivity contribution in [2.75, 3.05) is 31.3 Å². The Labute approximate surface area is 102 Å². The number of ether oxygens (including phenoxy) is 1. The molecule has 0 saturated carbocycles. The van der Waals surface area contributed by atoms with Gasteiger partial charge in [0, 0.05) is 20.3 Å². The van der Waals surface area contributed by atoms with Gasteiger partial charge in [0.15, 0.2) is 0 Å². The molecule has 1 aromatic carbocycles. The first-order valence-electron chi connectivity index (χ1n) is 5.72. The number of rotatable bonds is 6. The Morgan fingerprint density at radius 3 is 2.76 bits per heavy atom. The van der Waals surface area contributed by atoms with Gasteiger partial charge in [-0.2, -0.15) is 0 Å². The van der Waals surface area contributed by atoms with E-state index in [-0.39, 0.29) is 11.2 Å². The third kappa shape index (κ3) is 4.61. The predicted octanol–water partition coefficient (Wildman–Crippen LogP) is 2.88. The lowest BCUT2D eigenvalue weighted by Crippen LogP contribution is -2.25. The summed E-state index contributed by atoms with van der Waals surface area (Å²) in [6.07, 6.45) is 0.936. The highest BCUT2D eigenvalue weighted by atomic mass is 19.1. The maximum absolute atomic E-state index is 13.1. The minimum atomic E-state index is -0.281. The van der Waals surface area contributed by atoms with Crippen molar-refractivity contribution in [1.29, 1.82) is 0 Å². The van der Waals surface area contributed by atoms with E-state index in [4.69, 9.17) is 10.5 Å². The van der Waals surface area contributed by atoms with Gasteiger partial charge in [0.25, 0.3) is 0 Å². The van der Waals surface area contributed by atoms with E-state index >= 15 is 0 Å². The van der Waals surface area contributed by atoms with Crippen LogP contribution in [0.2, 0.25) is 0 Å². The van der Waals surface area contributed by atoms with Crippen molar-refractivity contribution < 1.29 is 9.13 Å². The van der Waals surface area contributed by atoms with Gasteiger partial charge in [-0.05, 0) is 30.0 Å². The van der Waals surface area contributed by atoms with E-state index in [2.05, 4.69) is 19.2 Å². The standard InChI is InChI=1S/C13H21FN2O/c1-13(2,6-7-17-3)9-16-12-8-10(14)4-5-11(12)15/h4-5,8,16H,6-7,9,15H2,1-3H3. The SMILES string of the molecule is COCCC(C)(C)CNc1cc(F)ccc1N. The Kier molecular flexibility index (Phi) is 4.75. The first-order chi connectivity index (χ1) is 7.94. The predicted molar refractivity (Wildman–Crippen MR) is 69.6 cm³/mol. The summed E-state index contributed by atoms with van der Waals surface area (Å²) in [6.45, 7) is 5.71. The first-order valence-corrected chi connectivity index (χ1v) is 5.72. The number of hydrogen-bond donors (Lipinski definition) is 2. The fraction of sp³-hybridized carbons (Fsp3) is 0.538. The van der Waals surface area contributed by atoms with E-state index < -0.39 is 0 Å². The van der Waals surface area contributed by atoms with Gasteiger partial charge >= 0.3 is 0 Å². The molecule has 17 heavy (non-hydrogen) atoms. The quantitative estimate of drug-likeness (QED) is 0.752. The van der Waals surface area contributed by atoms with Crippen molar-refractivity contribution in [3.8, 4) is 0 Å². The molecule has 0 atom stereocenters. The average Bonchev–Trinajstić information content (AvgIpc) is 2.28. The molecule has 0 amide bonds. The van der Waals surface area contributed by atoms with E-state index in [1.807, 2.05) is 0 Å². The topological polar surface area (TPSA) is 47.3 Å². The van der Waals surface area contributed by atoms with Crippen LogP contribution in [0.15, 0.2) is 18.2 Å². The van der Waals surface area contributed by atoms with Crippen LogP contribution in [0.4, 0.5) is 15.8 Å². The van der Waals surface area contributed by atoms with Crippen molar-refractivity contribution in [2.24, 2.45) is 5.41 Å². The zero-order chi connectivity index (χ0) is 12.9. The van der Waals surface area contributed by atoms with Crippen LogP contribution in [-0.2, 0) is 4.74 Å². The molecule has 0 heterocycles. The van der Waals surface area contributed by atoms with Crippen LogP contribution < -0.4 is 11.1 Å². The summed E-state index contributed by atoms with van der Waals surface area (Å²) in [4.78, 5) is 0. The van der Waals surface area contributed by atoms with Gasteiger partial charge in [0.1, 0.15) is 5.82 Å². The van der Waals surface area contributed by atoms with Gasteiger partial charge in [-0.3, -0.25) is 0 Å². The molecule has 1 aromatic rings. The van der Waals surface area contributed by atoms with Crippen molar-refractivity contribution in [3.63, 3.8) is 0 Å². The Morgan fingerprint density at radius 2 is 2.12 bits per heavy atom. The largest absolute Gasteiger partial charge is 0.397 e. The first kappa shape index (κ1) is 13.8. The van der Waals surface area contributed by atoms with Gasteiger partial charge < -0.3 is 15.8 Å². The Morgan fingerprint density at radius 1 is 1.41 bits per heavy atom. The number of benzene rings is 1. The smallest absolute Gasteiger partial charge is 0.125 e. The van der Waals surface area contributed by atoms with Gasteiger partial charge in [0.05, 0.1) is 11.4 Å². The fourth-order valence-electron chi connectivity index (χ4n) is 1.48.